The van der Waals surface area contributed by atoms with E-state index in [-0.39, 0.29) is 24.0 Å². The van der Waals surface area contributed by atoms with Crippen molar-refractivity contribution >= 4 is 32.9 Å². The van der Waals surface area contributed by atoms with Crippen molar-refractivity contribution < 1.29 is 9.18 Å². The number of aromatic nitrogens is 2. The Bertz CT molecular complexity index is 994. The predicted molar refractivity (Wildman–Crippen MR) is 98.0 cm³/mol. The van der Waals surface area contributed by atoms with Crippen LogP contribution in [0.25, 0.3) is 11.0 Å². The average molecular weight is 406 g/mol. The number of halogens is 2. The third-order valence-electron chi connectivity index (χ3n) is 4.07. The third-order valence-corrected chi connectivity index (χ3v) is 4.68. The van der Waals surface area contributed by atoms with Crippen molar-refractivity contribution in [1.82, 2.24) is 14.5 Å². The first-order valence-electron chi connectivity index (χ1n) is 7.82. The van der Waals surface area contributed by atoms with Gasteiger partial charge in [-0.3, -0.25) is 13.9 Å². The summed E-state index contributed by atoms with van der Waals surface area (Å²) < 4.78 is 16.6. The molecule has 3 aromatic rings. The molecule has 5 nitrogen and oxygen atoms in total. The number of hydrogen-bond acceptors (Lipinski definition) is 2. The fourth-order valence-corrected chi connectivity index (χ4v) is 3.18. The van der Waals surface area contributed by atoms with E-state index in [1.54, 1.807) is 19.2 Å². The van der Waals surface area contributed by atoms with Crippen LogP contribution in [-0.4, -0.2) is 21.6 Å². The summed E-state index contributed by atoms with van der Waals surface area (Å²) in [6, 6.07) is 12.1. The first-order valence-corrected chi connectivity index (χ1v) is 8.61. The normalized spacial score (nSPS) is 11.0. The predicted octanol–water partition coefficient (Wildman–Crippen LogP) is 2.60. The Morgan fingerprint density at radius 1 is 1.20 bits per heavy atom. The third kappa shape index (κ3) is 3.66. The summed E-state index contributed by atoms with van der Waals surface area (Å²) in [6.45, 7) is 0.379. The summed E-state index contributed by atoms with van der Waals surface area (Å²) in [5.41, 5.74) is 2.21. The largest absolute Gasteiger partial charge is 0.354 e. The number of aryl methyl sites for hydroxylation is 1. The molecule has 0 saturated carbocycles. The number of carbonyl (C=O) groups excluding carboxylic acids is 1. The molecule has 7 heteroatoms. The van der Waals surface area contributed by atoms with Gasteiger partial charge in [0.25, 0.3) is 0 Å². The fraction of sp³-hybridized carbons (Fsp3) is 0.222. The van der Waals surface area contributed by atoms with Gasteiger partial charge in [0.15, 0.2) is 0 Å². The maximum absolute atomic E-state index is 13.2. The van der Waals surface area contributed by atoms with Gasteiger partial charge >= 0.3 is 5.69 Å². The van der Waals surface area contributed by atoms with E-state index in [2.05, 4.69) is 21.2 Å². The summed E-state index contributed by atoms with van der Waals surface area (Å²) in [4.78, 5) is 24.5. The summed E-state index contributed by atoms with van der Waals surface area (Å²) >= 11 is 3.14. The Hall–Kier alpha value is -2.41. The quantitative estimate of drug-likeness (QED) is 0.709. The van der Waals surface area contributed by atoms with Gasteiger partial charge in [0.05, 0.1) is 15.5 Å². The maximum atomic E-state index is 13.2. The van der Waals surface area contributed by atoms with Crippen molar-refractivity contribution in [2.75, 3.05) is 6.54 Å². The van der Waals surface area contributed by atoms with Crippen LogP contribution in [0.3, 0.4) is 0 Å². The lowest BCUT2D eigenvalue weighted by Gasteiger charge is -2.07. The first kappa shape index (κ1) is 17.4. The lowest BCUT2D eigenvalue weighted by Crippen LogP contribution is -2.33. The highest BCUT2D eigenvalue weighted by atomic mass is 79.9. The second-order valence-corrected chi connectivity index (χ2v) is 6.62. The van der Waals surface area contributed by atoms with Crippen LogP contribution in [0.1, 0.15) is 5.56 Å². The summed E-state index contributed by atoms with van der Waals surface area (Å²) in [6.07, 6.45) is 0.578. The SMILES string of the molecule is Cn1c(=O)n(CC(=O)NCCc2ccc(F)c(Br)c2)c2ccccc21. The molecule has 0 aliphatic heterocycles. The minimum atomic E-state index is -0.317. The van der Waals surface area contributed by atoms with Crippen LogP contribution in [0.5, 0.6) is 0 Å². The maximum Gasteiger partial charge on any atom is 0.329 e. The van der Waals surface area contributed by atoms with Crippen LogP contribution < -0.4 is 11.0 Å². The standard InChI is InChI=1S/C18H17BrFN3O2/c1-22-15-4-2-3-5-16(15)23(18(22)25)11-17(24)21-9-8-12-6-7-14(20)13(19)10-12/h2-7,10H,8-9,11H2,1H3,(H,21,24). The molecule has 25 heavy (non-hydrogen) atoms. The number of para-hydroxylation sites is 2. The number of amides is 1. The average Bonchev–Trinajstić information content (AvgIpc) is 2.83. The van der Waals surface area contributed by atoms with Crippen LogP contribution in [0, 0.1) is 5.82 Å². The lowest BCUT2D eigenvalue weighted by molar-refractivity contribution is -0.121. The summed E-state index contributed by atoms with van der Waals surface area (Å²) in [5.74, 6) is -0.553. The van der Waals surface area contributed by atoms with E-state index in [1.165, 1.54) is 15.2 Å². The molecule has 0 atom stereocenters. The fourth-order valence-electron chi connectivity index (χ4n) is 2.76. The second-order valence-electron chi connectivity index (χ2n) is 5.76. The zero-order valence-corrected chi connectivity index (χ0v) is 15.2. The smallest absolute Gasteiger partial charge is 0.329 e. The highest BCUT2D eigenvalue weighted by molar-refractivity contribution is 9.10. The number of nitrogens with zero attached hydrogens (tertiary/aromatic N) is 2. The van der Waals surface area contributed by atoms with E-state index in [4.69, 9.17) is 0 Å². The highest BCUT2D eigenvalue weighted by Gasteiger charge is 2.12. The Morgan fingerprint density at radius 3 is 2.64 bits per heavy atom. The molecular formula is C18H17BrFN3O2. The molecule has 3 rings (SSSR count). The number of fused-ring (bicyclic) bond motifs is 1. The van der Waals surface area contributed by atoms with Gasteiger partial charge in [-0.2, -0.15) is 0 Å². The molecular weight excluding hydrogens is 389 g/mol. The molecule has 1 aromatic heterocycles. The van der Waals surface area contributed by atoms with Gasteiger partial charge in [-0.25, -0.2) is 9.18 Å². The molecule has 1 amide bonds. The molecule has 0 radical (unpaired) electrons. The molecule has 1 heterocycles. The molecule has 0 unspecified atom stereocenters. The molecule has 1 N–H and O–H groups in total. The molecule has 0 bridgehead atoms. The van der Waals surface area contributed by atoms with E-state index in [0.717, 1.165) is 16.6 Å². The number of imidazole rings is 1. The van der Waals surface area contributed by atoms with E-state index in [1.807, 2.05) is 24.3 Å². The van der Waals surface area contributed by atoms with Crippen molar-refractivity contribution in [3.8, 4) is 0 Å². The number of carbonyl (C=O) groups is 1. The van der Waals surface area contributed by atoms with E-state index < -0.39 is 0 Å². The number of benzene rings is 2. The molecule has 0 spiro atoms. The summed E-state index contributed by atoms with van der Waals surface area (Å²) in [5, 5.41) is 2.80. The van der Waals surface area contributed by atoms with E-state index >= 15 is 0 Å². The number of rotatable bonds is 5. The number of hydrogen-bond donors (Lipinski definition) is 1. The molecule has 0 aliphatic carbocycles. The molecule has 0 aliphatic rings. The van der Waals surface area contributed by atoms with Gasteiger partial charge in [0.2, 0.25) is 5.91 Å². The molecule has 130 valence electrons. The van der Waals surface area contributed by atoms with Gasteiger partial charge < -0.3 is 5.32 Å². The molecule has 0 saturated heterocycles. The minimum absolute atomic E-state index is 0.0344. The van der Waals surface area contributed by atoms with Crippen molar-refractivity contribution in [1.29, 1.82) is 0 Å². The zero-order valence-electron chi connectivity index (χ0n) is 13.6. The Labute approximate surface area is 152 Å². The van der Waals surface area contributed by atoms with E-state index in [9.17, 15) is 14.0 Å². The molecule has 0 fully saturated rings. The van der Waals surface area contributed by atoms with Gasteiger partial charge in [-0.15, -0.1) is 0 Å². The Kier molecular flexibility index (Phi) is 5.03. The van der Waals surface area contributed by atoms with Gasteiger partial charge in [0, 0.05) is 13.6 Å². The zero-order chi connectivity index (χ0) is 18.0. The summed E-state index contributed by atoms with van der Waals surface area (Å²) in [7, 11) is 1.69. The first-order chi connectivity index (χ1) is 12.0. The van der Waals surface area contributed by atoms with Crippen LogP contribution in [0.4, 0.5) is 4.39 Å². The molecule has 2 aromatic carbocycles. The van der Waals surface area contributed by atoms with Gasteiger partial charge in [0.1, 0.15) is 12.4 Å². The van der Waals surface area contributed by atoms with Crippen LogP contribution in [0.15, 0.2) is 51.7 Å². The van der Waals surface area contributed by atoms with Crippen molar-refractivity contribution in [3.63, 3.8) is 0 Å². The second kappa shape index (κ2) is 7.23. The highest BCUT2D eigenvalue weighted by Crippen LogP contribution is 2.17. The van der Waals surface area contributed by atoms with Gasteiger partial charge in [-0.1, -0.05) is 18.2 Å². The van der Waals surface area contributed by atoms with Crippen LogP contribution in [-0.2, 0) is 24.8 Å². The number of nitrogens with one attached hydrogen (secondary N) is 1. The topological polar surface area (TPSA) is 56.0 Å². The van der Waals surface area contributed by atoms with Crippen molar-refractivity contribution in [3.05, 3.63) is 68.8 Å². The van der Waals surface area contributed by atoms with Crippen LogP contribution >= 0.6 is 15.9 Å². The van der Waals surface area contributed by atoms with Crippen molar-refractivity contribution in [2.45, 2.75) is 13.0 Å². The Morgan fingerprint density at radius 2 is 1.92 bits per heavy atom. The van der Waals surface area contributed by atoms with E-state index in [0.29, 0.717) is 17.4 Å². The van der Waals surface area contributed by atoms with Crippen LogP contribution in [0.2, 0.25) is 0 Å². The lowest BCUT2D eigenvalue weighted by atomic mass is 10.1. The monoisotopic (exact) mass is 405 g/mol. The van der Waals surface area contributed by atoms with Gasteiger partial charge in [-0.05, 0) is 52.2 Å². The minimum Gasteiger partial charge on any atom is -0.354 e. The Balaban J connectivity index is 1.64. The van der Waals surface area contributed by atoms with Crippen molar-refractivity contribution in [2.24, 2.45) is 7.05 Å².